The van der Waals surface area contributed by atoms with Gasteiger partial charge in [-0.2, -0.15) is 0 Å². The van der Waals surface area contributed by atoms with Gasteiger partial charge in [-0.3, -0.25) is 9.59 Å². The lowest BCUT2D eigenvalue weighted by molar-refractivity contribution is 0.101. The van der Waals surface area contributed by atoms with Gasteiger partial charge in [0.1, 0.15) is 5.58 Å². The van der Waals surface area contributed by atoms with Crippen molar-refractivity contribution in [1.82, 2.24) is 0 Å². The second kappa shape index (κ2) is 6.92. The van der Waals surface area contributed by atoms with Crippen LogP contribution >= 0.6 is 0 Å². The molecule has 1 aromatic heterocycles. The molecule has 0 aliphatic carbocycles. The maximum Gasteiger partial charge on any atom is 0.255 e. The van der Waals surface area contributed by atoms with Gasteiger partial charge in [-0.25, -0.2) is 0 Å². The van der Waals surface area contributed by atoms with Crippen molar-refractivity contribution in [3.63, 3.8) is 0 Å². The Bertz CT molecular complexity index is 1140. The number of amides is 1. The van der Waals surface area contributed by atoms with Crippen LogP contribution in [0.5, 0.6) is 0 Å². The van der Waals surface area contributed by atoms with Crippen LogP contribution in [0.1, 0.15) is 32.0 Å². The van der Waals surface area contributed by atoms with Crippen molar-refractivity contribution in [2.45, 2.75) is 6.92 Å². The molecule has 0 saturated heterocycles. The van der Waals surface area contributed by atoms with Gasteiger partial charge in [0.15, 0.2) is 5.76 Å². The number of para-hydroxylation sites is 1. The molecule has 1 N–H and O–H groups in total. The minimum Gasteiger partial charge on any atom is -0.450 e. The molecular weight excluding hydrogens is 338 g/mol. The summed E-state index contributed by atoms with van der Waals surface area (Å²) >= 11 is 0. The highest BCUT2D eigenvalue weighted by Gasteiger charge is 2.23. The molecule has 3 aromatic carbocycles. The topological polar surface area (TPSA) is 59.3 Å². The van der Waals surface area contributed by atoms with Crippen molar-refractivity contribution >= 4 is 28.3 Å². The number of furan rings is 1. The molecule has 4 rings (SSSR count). The highest BCUT2D eigenvalue weighted by atomic mass is 16.3. The monoisotopic (exact) mass is 355 g/mol. The van der Waals surface area contributed by atoms with Crippen molar-refractivity contribution < 1.29 is 14.0 Å². The first-order valence-electron chi connectivity index (χ1n) is 8.63. The van der Waals surface area contributed by atoms with Gasteiger partial charge in [-0.15, -0.1) is 0 Å². The lowest BCUT2D eigenvalue weighted by Crippen LogP contribution is -2.14. The molecule has 0 unspecified atom stereocenters. The van der Waals surface area contributed by atoms with Gasteiger partial charge in [0, 0.05) is 16.5 Å². The normalized spacial score (nSPS) is 10.7. The molecule has 4 aromatic rings. The third-order valence-corrected chi connectivity index (χ3v) is 4.36. The molecule has 0 aliphatic rings. The van der Waals surface area contributed by atoms with Crippen LogP contribution in [-0.4, -0.2) is 11.7 Å². The van der Waals surface area contributed by atoms with E-state index >= 15 is 0 Å². The van der Waals surface area contributed by atoms with Crippen molar-refractivity contribution in [3.8, 4) is 0 Å². The van der Waals surface area contributed by atoms with Gasteiger partial charge in [0.05, 0.1) is 5.69 Å². The van der Waals surface area contributed by atoms with Gasteiger partial charge >= 0.3 is 0 Å². The molecule has 4 heteroatoms. The van der Waals surface area contributed by atoms with E-state index in [1.165, 1.54) is 0 Å². The van der Waals surface area contributed by atoms with Crippen LogP contribution < -0.4 is 5.32 Å². The number of benzene rings is 3. The summed E-state index contributed by atoms with van der Waals surface area (Å²) in [6.07, 6.45) is 0. The molecule has 1 amide bonds. The molecule has 0 fully saturated rings. The standard InChI is InChI=1S/C23H17NO3/c1-15-8-7-11-17(14-15)23(26)24-20-18-12-5-6-13-19(18)27-22(20)21(25)16-9-3-2-4-10-16/h2-14H,1H3,(H,24,26). The fourth-order valence-corrected chi connectivity index (χ4v) is 3.02. The molecule has 27 heavy (non-hydrogen) atoms. The van der Waals surface area contributed by atoms with Crippen molar-refractivity contribution in [2.75, 3.05) is 5.32 Å². The summed E-state index contributed by atoms with van der Waals surface area (Å²) in [4.78, 5) is 25.7. The molecule has 0 saturated carbocycles. The number of carbonyl (C=O) groups excluding carboxylic acids is 2. The smallest absolute Gasteiger partial charge is 0.255 e. The summed E-state index contributed by atoms with van der Waals surface area (Å²) in [7, 11) is 0. The average Bonchev–Trinajstić information content (AvgIpc) is 3.06. The van der Waals surface area contributed by atoms with Crippen LogP contribution in [0.25, 0.3) is 11.0 Å². The summed E-state index contributed by atoms with van der Waals surface area (Å²) in [5.41, 5.74) is 2.96. The number of hydrogen-bond acceptors (Lipinski definition) is 3. The first kappa shape index (κ1) is 16.8. The third kappa shape index (κ3) is 3.25. The second-order valence-electron chi connectivity index (χ2n) is 6.32. The Morgan fingerprint density at radius 1 is 0.815 bits per heavy atom. The second-order valence-corrected chi connectivity index (χ2v) is 6.32. The minimum atomic E-state index is -0.285. The van der Waals surface area contributed by atoms with Gasteiger partial charge in [0.2, 0.25) is 5.78 Å². The van der Waals surface area contributed by atoms with Crippen molar-refractivity contribution in [1.29, 1.82) is 0 Å². The molecule has 0 spiro atoms. The van der Waals surface area contributed by atoms with E-state index in [0.717, 1.165) is 5.56 Å². The van der Waals surface area contributed by atoms with E-state index in [4.69, 9.17) is 4.42 Å². The summed E-state index contributed by atoms with van der Waals surface area (Å²) in [5, 5.41) is 3.57. The van der Waals surface area contributed by atoms with E-state index in [0.29, 0.717) is 27.8 Å². The predicted molar refractivity (Wildman–Crippen MR) is 105 cm³/mol. The van der Waals surface area contributed by atoms with Crippen LogP contribution in [0, 0.1) is 6.92 Å². The summed E-state index contributed by atoms with van der Waals surface area (Å²) < 4.78 is 5.81. The number of nitrogens with one attached hydrogen (secondary N) is 1. The lowest BCUT2D eigenvalue weighted by atomic mass is 10.1. The Morgan fingerprint density at radius 2 is 1.52 bits per heavy atom. The molecule has 0 bridgehead atoms. The lowest BCUT2D eigenvalue weighted by Gasteiger charge is -2.07. The fourth-order valence-electron chi connectivity index (χ4n) is 3.02. The maximum absolute atomic E-state index is 13.0. The van der Waals surface area contributed by atoms with Crippen LogP contribution in [0.15, 0.2) is 83.3 Å². The number of ketones is 1. The largest absolute Gasteiger partial charge is 0.450 e. The Balaban J connectivity index is 1.79. The number of fused-ring (bicyclic) bond motifs is 1. The summed E-state index contributed by atoms with van der Waals surface area (Å²) in [6.45, 7) is 1.92. The third-order valence-electron chi connectivity index (χ3n) is 4.36. The van der Waals surface area contributed by atoms with Gasteiger partial charge in [0.25, 0.3) is 5.91 Å². The summed E-state index contributed by atoms with van der Waals surface area (Å²) in [5.74, 6) is -0.429. The molecular formula is C23H17NO3. The zero-order chi connectivity index (χ0) is 18.8. The van der Waals surface area contributed by atoms with Crippen LogP contribution in [-0.2, 0) is 0 Å². The number of hydrogen-bond donors (Lipinski definition) is 1. The molecule has 1 heterocycles. The van der Waals surface area contributed by atoms with E-state index in [9.17, 15) is 9.59 Å². The predicted octanol–water partition coefficient (Wildman–Crippen LogP) is 5.22. The molecule has 0 aliphatic heterocycles. The first-order valence-corrected chi connectivity index (χ1v) is 8.63. The maximum atomic E-state index is 13.0. The van der Waals surface area contributed by atoms with E-state index < -0.39 is 0 Å². The fraction of sp³-hybridized carbons (Fsp3) is 0.0435. The molecule has 132 valence electrons. The molecule has 0 atom stereocenters. The van der Waals surface area contributed by atoms with Gasteiger partial charge in [-0.1, -0.05) is 60.2 Å². The zero-order valence-electron chi connectivity index (χ0n) is 14.7. The van der Waals surface area contributed by atoms with Crippen LogP contribution in [0.3, 0.4) is 0 Å². The molecule has 4 nitrogen and oxygen atoms in total. The minimum absolute atomic E-state index is 0.128. The van der Waals surface area contributed by atoms with E-state index in [1.54, 1.807) is 42.5 Å². The van der Waals surface area contributed by atoms with Crippen molar-refractivity contribution in [2.24, 2.45) is 0 Å². The van der Waals surface area contributed by atoms with Crippen LogP contribution in [0.4, 0.5) is 5.69 Å². The van der Waals surface area contributed by atoms with E-state index in [2.05, 4.69) is 5.32 Å². The Morgan fingerprint density at radius 3 is 2.30 bits per heavy atom. The Labute approximate surface area is 156 Å². The highest BCUT2D eigenvalue weighted by molar-refractivity contribution is 6.18. The molecule has 0 radical (unpaired) electrons. The number of carbonyl (C=O) groups is 2. The zero-order valence-corrected chi connectivity index (χ0v) is 14.7. The van der Waals surface area contributed by atoms with E-state index in [-0.39, 0.29) is 17.5 Å². The highest BCUT2D eigenvalue weighted by Crippen LogP contribution is 2.32. The van der Waals surface area contributed by atoms with Gasteiger partial charge < -0.3 is 9.73 Å². The number of anilines is 1. The SMILES string of the molecule is Cc1cccc(C(=O)Nc2c(C(=O)c3ccccc3)oc3ccccc23)c1. The van der Waals surface area contributed by atoms with Crippen LogP contribution in [0.2, 0.25) is 0 Å². The van der Waals surface area contributed by atoms with Crippen molar-refractivity contribution in [3.05, 3.63) is 101 Å². The Hall–Kier alpha value is -3.66. The quantitative estimate of drug-likeness (QED) is 0.510. The summed E-state index contributed by atoms with van der Waals surface area (Å²) in [6, 6.07) is 23.4. The van der Waals surface area contributed by atoms with E-state index in [1.807, 2.05) is 43.3 Å². The average molecular weight is 355 g/mol. The number of rotatable bonds is 4. The first-order chi connectivity index (χ1) is 13.1. The number of aryl methyl sites for hydroxylation is 1. The van der Waals surface area contributed by atoms with Gasteiger partial charge in [-0.05, 0) is 31.2 Å². The Kier molecular flexibility index (Phi) is 4.30.